The zero-order valence-electron chi connectivity index (χ0n) is 17.8. The molecule has 0 saturated carbocycles. The number of hydrogen-bond acceptors (Lipinski definition) is 1. The molecule has 1 amide bonds. The number of nitrogens with one attached hydrogen (secondary N) is 1. The van der Waals surface area contributed by atoms with Gasteiger partial charge in [-0.3, -0.25) is 4.79 Å². The third-order valence-corrected chi connectivity index (χ3v) is 6.91. The molecule has 0 saturated heterocycles. The van der Waals surface area contributed by atoms with E-state index in [-0.39, 0.29) is 5.91 Å². The van der Waals surface area contributed by atoms with Crippen LogP contribution in [0.1, 0.15) is 27.8 Å². The molecule has 1 heterocycles. The Balaban J connectivity index is 1.42. The number of pyridine rings is 1. The fraction of sp³-hybridized carbons (Fsp3) is 0.185. The molecular weight excluding hydrogens is 484 g/mol. The molecule has 2 aromatic carbocycles. The van der Waals surface area contributed by atoms with E-state index in [9.17, 15) is 4.79 Å². The predicted octanol–water partition coefficient (Wildman–Crippen LogP) is 5.24. The van der Waals surface area contributed by atoms with Crippen LogP contribution in [0.4, 0.5) is 0 Å². The first kappa shape index (κ1) is 21.2. The highest BCUT2D eigenvalue weighted by Gasteiger charge is 2.30. The van der Waals surface area contributed by atoms with Crippen LogP contribution in [0, 0.1) is 0 Å². The molecule has 0 unspecified atom stereocenters. The molecule has 0 radical (unpaired) electrons. The van der Waals surface area contributed by atoms with Crippen molar-refractivity contribution in [3.05, 3.63) is 109 Å². The van der Waals surface area contributed by atoms with Crippen LogP contribution in [0.25, 0.3) is 11.6 Å². The van der Waals surface area contributed by atoms with Gasteiger partial charge in [0.05, 0.1) is 5.57 Å². The molecule has 0 spiro atoms. The fourth-order valence-corrected chi connectivity index (χ4v) is 5.12. The number of allylic oxidation sites excluding steroid dienone is 2. The Morgan fingerprint density at radius 3 is 2.69 bits per heavy atom. The van der Waals surface area contributed by atoms with Gasteiger partial charge in [0.1, 0.15) is 7.05 Å². The lowest BCUT2D eigenvalue weighted by Crippen LogP contribution is -2.28. The lowest BCUT2D eigenvalue weighted by Gasteiger charge is -2.11. The van der Waals surface area contributed by atoms with Gasteiger partial charge in [-0.05, 0) is 82.5 Å². The number of aryl methyl sites for hydroxylation is 1. The van der Waals surface area contributed by atoms with E-state index in [4.69, 9.17) is 11.6 Å². The van der Waals surface area contributed by atoms with Crippen molar-refractivity contribution in [2.24, 2.45) is 7.05 Å². The average molecular weight is 507 g/mol. The minimum absolute atomic E-state index is 0.00236. The van der Waals surface area contributed by atoms with Crippen LogP contribution in [0.2, 0.25) is 5.02 Å². The molecule has 1 aromatic heterocycles. The Hall–Kier alpha value is -2.69. The first-order valence-electron chi connectivity index (χ1n) is 10.7. The van der Waals surface area contributed by atoms with Crippen LogP contribution in [-0.2, 0) is 31.1 Å². The van der Waals surface area contributed by atoms with E-state index in [1.807, 2.05) is 42.2 Å². The largest absolute Gasteiger partial charge is 0.352 e. The van der Waals surface area contributed by atoms with Crippen molar-refractivity contribution in [1.29, 1.82) is 0 Å². The summed E-state index contributed by atoms with van der Waals surface area (Å²) in [6, 6.07) is 16.4. The van der Waals surface area contributed by atoms with E-state index in [2.05, 4.69) is 57.7 Å². The molecule has 2 aliphatic carbocycles. The van der Waals surface area contributed by atoms with Crippen LogP contribution < -0.4 is 9.88 Å². The number of hydrogen-bond donors (Lipinski definition) is 1. The Morgan fingerprint density at radius 1 is 1.06 bits per heavy atom. The summed E-state index contributed by atoms with van der Waals surface area (Å²) in [7, 11) is 2.00. The highest BCUT2D eigenvalue weighted by atomic mass is 79.9. The van der Waals surface area contributed by atoms with Crippen molar-refractivity contribution >= 4 is 45.1 Å². The van der Waals surface area contributed by atoms with E-state index in [1.165, 1.54) is 22.3 Å². The van der Waals surface area contributed by atoms with Gasteiger partial charge in [-0.15, -0.1) is 0 Å². The van der Waals surface area contributed by atoms with Crippen LogP contribution >= 0.6 is 27.5 Å². The lowest BCUT2D eigenvalue weighted by atomic mass is 9.98. The zero-order valence-corrected chi connectivity index (χ0v) is 20.1. The predicted molar refractivity (Wildman–Crippen MR) is 132 cm³/mol. The molecule has 3 nitrogen and oxygen atoms in total. The summed E-state index contributed by atoms with van der Waals surface area (Å²) in [6.45, 7) is 0.601. The van der Waals surface area contributed by atoms with Gasteiger partial charge in [0, 0.05) is 28.2 Å². The fourth-order valence-electron chi connectivity index (χ4n) is 4.53. The van der Waals surface area contributed by atoms with Gasteiger partial charge in [0.15, 0.2) is 12.4 Å². The van der Waals surface area contributed by atoms with E-state index in [1.54, 1.807) is 0 Å². The third kappa shape index (κ3) is 4.17. The van der Waals surface area contributed by atoms with Gasteiger partial charge in [-0.1, -0.05) is 45.7 Å². The minimum Gasteiger partial charge on any atom is -0.352 e. The maximum atomic E-state index is 13.4. The number of rotatable bonds is 5. The van der Waals surface area contributed by atoms with E-state index in [0.717, 1.165) is 51.0 Å². The summed E-state index contributed by atoms with van der Waals surface area (Å²) >= 11 is 9.78. The summed E-state index contributed by atoms with van der Waals surface area (Å²) in [6.07, 6.45) is 8.64. The molecule has 1 N–H and O–H groups in total. The number of fused-ring (bicyclic) bond motifs is 2. The van der Waals surface area contributed by atoms with Gasteiger partial charge < -0.3 is 5.32 Å². The monoisotopic (exact) mass is 505 g/mol. The van der Waals surface area contributed by atoms with Crippen molar-refractivity contribution in [1.82, 2.24) is 5.32 Å². The van der Waals surface area contributed by atoms with Crippen LogP contribution in [0.15, 0.2) is 76.5 Å². The lowest BCUT2D eigenvalue weighted by molar-refractivity contribution is -0.671. The first-order valence-corrected chi connectivity index (χ1v) is 11.9. The molecule has 0 aliphatic heterocycles. The maximum Gasteiger partial charge on any atom is 0.252 e. The van der Waals surface area contributed by atoms with Crippen LogP contribution in [0.5, 0.6) is 0 Å². The van der Waals surface area contributed by atoms with Gasteiger partial charge >= 0.3 is 0 Å². The van der Waals surface area contributed by atoms with E-state index in [0.29, 0.717) is 6.54 Å². The number of amides is 1. The van der Waals surface area contributed by atoms with Gasteiger partial charge in [-0.25, -0.2) is 4.57 Å². The van der Waals surface area contributed by atoms with E-state index < -0.39 is 0 Å². The summed E-state index contributed by atoms with van der Waals surface area (Å²) in [5.74, 6) is -0.00236. The molecule has 3 aromatic rings. The number of carbonyl (C=O) groups is 1. The topological polar surface area (TPSA) is 33.0 Å². The molecule has 0 fully saturated rings. The molecule has 5 rings (SSSR count). The Labute approximate surface area is 201 Å². The number of carbonyl (C=O) groups excluding carboxylic acids is 1. The highest BCUT2D eigenvalue weighted by molar-refractivity contribution is 9.10. The number of benzene rings is 2. The van der Waals surface area contributed by atoms with E-state index >= 15 is 0 Å². The van der Waals surface area contributed by atoms with Crippen molar-refractivity contribution in [3.63, 3.8) is 0 Å². The van der Waals surface area contributed by atoms with Crippen molar-refractivity contribution in [2.75, 3.05) is 6.54 Å². The van der Waals surface area contributed by atoms with Crippen molar-refractivity contribution in [2.45, 2.75) is 19.3 Å². The molecule has 0 bridgehead atoms. The second-order valence-corrected chi connectivity index (χ2v) is 9.75. The molecule has 5 heteroatoms. The standard InChI is InChI=1S/C27H22BrClN2O/c1-31-10-7-17(8-11-31)6-9-30-27(32)26-24-5-3-22(28)14-21(24)16-25(26)20-12-18-2-4-23(29)15-19(18)13-20/h2-5,7-8,10-11,13-15H,6,9,12,16H2,1H3/p+1. The van der Waals surface area contributed by atoms with Crippen molar-refractivity contribution < 1.29 is 9.36 Å². The van der Waals surface area contributed by atoms with Crippen LogP contribution in [-0.4, -0.2) is 12.5 Å². The quantitative estimate of drug-likeness (QED) is 0.472. The molecule has 2 aliphatic rings. The molecule has 160 valence electrons. The normalized spacial score (nSPS) is 14.3. The maximum absolute atomic E-state index is 13.4. The van der Waals surface area contributed by atoms with Gasteiger partial charge in [0.25, 0.3) is 5.91 Å². The molecule has 0 atom stereocenters. The Morgan fingerprint density at radius 2 is 1.88 bits per heavy atom. The third-order valence-electron chi connectivity index (χ3n) is 6.19. The number of nitrogens with zero attached hydrogens (tertiary/aromatic N) is 1. The summed E-state index contributed by atoms with van der Waals surface area (Å²) in [4.78, 5) is 13.4. The van der Waals surface area contributed by atoms with Gasteiger partial charge in [0.2, 0.25) is 0 Å². The summed E-state index contributed by atoms with van der Waals surface area (Å²) < 4.78 is 3.04. The number of aromatic nitrogens is 1. The smallest absolute Gasteiger partial charge is 0.252 e. The summed E-state index contributed by atoms with van der Waals surface area (Å²) in [5.41, 5.74) is 8.95. The minimum atomic E-state index is -0.00236. The Kier molecular flexibility index (Phi) is 5.75. The average Bonchev–Trinajstić information content (AvgIpc) is 3.35. The molecular formula is C27H23BrClN2O+. The second-order valence-electron chi connectivity index (χ2n) is 8.40. The molecule has 32 heavy (non-hydrogen) atoms. The zero-order chi connectivity index (χ0) is 22.2. The van der Waals surface area contributed by atoms with Crippen LogP contribution in [0.3, 0.4) is 0 Å². The first-order chi connectivity index (χ1) is 15.5. The SMILES string of the molecule is C[n+]1ccc(CCNC(=O)C2=C(C3=Cc4cc(Cl)ccc4C3)Cc3cc(Br)ccc32)cc1. The second kappa shape index (κ2) is 8.68. The van der Waals surface area contributed by atoms with Gasteiger partial charge in [-0.2, -0.15) is 0 Å². The summed E-state index contributed by atoms with van der Waals surface area (Å²) in [5, 5.41) is 3.90. The number of halogens is 2. The Bertz CT molecular complexity index is 1290. The van der Waals surface area contributed by atoms with Crippen molar-refractivity contribution in [3.8, 4) is 0 Å². The highest BCUT2D eigenvalue weighted by Crippen LogP contribution is 2.42.